The standard InChI is InChI=1S/C24H28N8O3S/c1-15(2)32-13-9-19(10-14-32)35-23-20-16(3)29-30-22(20)27-21(28-23)17-5-7-18(8-6-17)31-36(33,34)24-25-11-4-12-26-24/h4-8,11-12,15,19,31H,9-10,13-14H2,1-3H3,(H,27,28,29,30). The maximum absolute atomic E-state index is 12.5. The normalized spacial score (nSPS) is 15.4. The summed E-state index contributed by atoms with van der Waals surface area (Å²) in [4.78, 5) is 19.4. The summed E-state index contributed by atoms with van der Waals surface area (Å²) in [5, 5.41) is 7.78. The van der Waals surface area contributed by atoms with Gasteiger partial charge in [0.25, 0.3) is 15.2 Å². The van der Waals surface area contributed by atoms with Crippen LogP contribution in [0, 0.1) is 6.92 Å². The fourth-order valence-electron chi connectivity index (χ4n) is 4.23. The number of fused-ring (bicyclic) bond motifs is 1. The molecule has 12 heteroatoms. The van der Waals surface area contributed by atoms with Crippen molar-refractivity contribution in [2.24, 2.45) is 0 Å². The molecule has 1 aromatic carbocycles. The predicted octanol–water partition coefficient (Wildman–Crippen LogP) is 3.17. The Balaban J connectivity index is 1.38. The van der Waals surface area contributed by atoms with Gasteiger partial charge in [-0.2, -0.15) is 18.5 Å². The summed E-state index contributed by atoms with van der Waals surface area (Å²) in [7, 11) is -3.89. The van der Waals surface area contributed by atoms with Crippen LogP contribution in [-0.4, -0.2) is 68.7 Å². The van der Waals surface area contributed by atoms with E-state index in [1.807, 2.05) is 6.92 Å². The number of benzene rings is 1. The van der Waals surface area contributed by atoms with Gasteiger partial charge in [-0.25, -0.2) is 15.0 Å². The Labute approximate surface area is 209 Å². The van der Waals surface area contributed by atoms with Gasteiger partial charge in [-0.15, -0.1) is 0 Å². The number of aryl methyl sites for hydroxylation is 1. The third kappa shape index (κ3) is 5.00. The highest BCUT2D eigenvalue weighted by atomic mass is 32.2. The van der Waals surface area contributed by atoms with Crippen LogP contribution in [0.5, 0.6) is 5.88 Å². The highest BCUT2D eigenvalue weighted by Gasteiger charge is 2.25. The van der Waals surface area contributed by atoms with Crippen LogP contribution in [0.25, 0.3) is 22.4 Å². The van der Waals surface area contributed by atoms with Crippen LogP contribution < -0.4 is 9.46 Å². The summed E-state index contributed by atoms with van der Waals surface area (Å²) < 4.78 is 33.9. The number of nitrogens with zero attached hydrogens (tertiary/aromatic N) is 6. The van der Waals surface area contributed by atoms with Crippen molar-refractivity contribution in [2.45, 2.75) is 50.9 Å². The van der Waals surface area contributed by atoms with Crippen molar-refractivity contribution in [1.82, 2.24) is 35.0 Å². The second kappa shape index (κ2) is 9.78. The molecule has 0 unspecified atom stereocenters. The number of anilines is 1. The molecule has 0 bridgehead atoms. The molecule has 0 aliphatic carbocycles. The molecule has 0 spiro atoms. The first-order valence-electron chi connectivity index (χ1n) is 11.8. The van der Waals surface area contributed by atoms with E-state index in [4.69, 9.17) is 9.72 Å². The molecule has 0 amide bonds. The van der Waals surface area contributed by atoms with Gasteiger partial charge in [0, 0.05) is 48.5 Å². The zero-order valence-electron chi connectivity index (χ0n) is 20.3. The zero-order chi connectivity index (χ0) is 25.3. The van der Waals surface area contributed by atoms with Crippen LogP contribution in [0.3, 0.4) is 0 Å². The first-order chi connectivity index (χ1) is 17.3. The number of aromatic nitrogens is 6. The lowest BCUT2D eigenvalue weighted by Gasteiger charge is -2.34. The van der Waals surface area contributed by atoms with Crippen molar-refractivity contribution in [2.75, 3.05) is 17.8 Å². The molecule has 11 nitrogen and oxygen atoms in total. The molecule has 1 aliphatic heterocycles. The van der Waals surface area contributed by atoms with Crippen molar-refractivity contribution in [3.63, 3.8) is 0 Å². The lowest BCUT2D eigenvalue weighted by molar-refractivity contribution is 0.0824. The van der Waals surface area contributed by atoms with Gasteiger partial charge in [0.1, 0.15) is 11.5 Å². The first-order valence-corrected chi connectivity index (χ1v) is 13.3. The van der Waals surface area contributed by atoms with Crippen molar-refractivity contribution >= 4 is 26.7 Å². The zero-order valence-corrected chi connectivity index (χ0v) is 21.2. The molecule has 4 heterocycles. The number of aromatic amines is 1. The lowest BCUT2D eigenvalue weighted by atomic mass is 10.1. The Bertz CT molecular complexity index is 1450. The number of hydrogen-bond donors (Lipinski definition) is 2. The van der Waals surface area contributed by atoms with E-state index in [0.717, 1.165) is 37.0 Å². The Morgan fingerprint density at radius 2 is 1.78 bits per heavy atom. The SMILES string of the molecule is Cc1[nH]nc2nc(-c3ccc(NS(=O)(=O)c4ncccn4)cc3)nc(OC3CCN(C(C)C)CC3)c12. The second-order valence-corrected chi connectivity index (χ2v) is 10.6. The largest absolute Gasteiger partial charge is 0.474 e. The minimum atomic E-state index is -3.89. The van der Waals surface area contributed by atoms with Crippen molar-refractivity contribution in [3.05, 3.63) is 48.4 Å². The molecule has 3 aromatic heterocycles. The van der Waals surface area contributed by atoms with Crippen LogP contribution >= 0.6 is 0 Å². The van der Waals surface area contributed by atoms with E-state index in [-0.39, 0.29) is 11.3 Å². The number of sulfonamides is 1. The van der Waals surface area contributed by atoms with Crippen molar-refractivity contribution in [1.29, 1.82) is 0 Å². The first kappa shape index (κ1) is 24.1. The van der Waals surface area contributed by atoms with Gasteiger partial charge in [-0.1, -0.05) is 0 Å². The van der Waals surface area contributed by atoms with E-state index >= 15 is 0 Å². The highest BCUT2D eigenvalue weighted by Crippen LogP contribution is 2.30. The Kier molecular flexibility index (Phi) is 6.54. The van der Waals surface area contributed by atoms with Gasteiger partial charge in [-0.3, -0.25) is 9.82 Å². The maximum Gasteiger partial charge on any atom is 0.297 e. The molecule has 188 valence electrons. The molecular formula is C24H28N8O3S. The van der Waals surface area contributed by atoms with Gasteiger partial charge in [0.05, 0.1) is 0 Å². The van der Waals surface area contributed by atoms with Crippen molar-refractivity contribution in [3.8, 4) is 17.3 Å². The predicted molar refractivity (Wildman–Crippen MR) is 135 cm³/mol. The number of nitrogens with one attached hydrogen (secondary N) is 2. The number of ether oxygens (including phenoxy) is 1. The third-order valence-electron chi connectivity index (χ3n) is 6.22. The average molecular weight is 509 g/mol. The number of H-pyrrole nitrogens is 1. The van der Waals surface area contributed by atoms with Gasteiger partial charge in [0.15, 0.2) is 11.5 Å². The molecular weight excluding hydrogens is 480 g/mol. The quantitative estimate of drug-likeness (QED) is 0.360. The topological polar surface area (TPSA) is 139 Å². The summed E-state index contributed by atoms with van der Waals surface area (Å²) in [5.41, 5.74) is 2.45. The smallest absolute Gasteiger partial charge is 0.297 e. The van der Waals surface area contributed by atoms with Gasteiger partial charge < -0.3 is 9.64 Å². The number of likely N-dealkylation sites (tertiary alicyclic amines) is 1. The van der Waals surface area contributed by atoms with Crippen LogP contribution in [0.15, 0.2) is 47.9 Å². The fraction of sp³-hybridized carbons (Fsp3) is 0.375. The Morgan fingerprint density at radius 1 is 1.08 bits per heavy atom. The second-order valence-electron chi connectivity index (χ2n) is 9.06. The molecule has 2 N–H and O–H groups in total. The van der Waals surface area contributed by atoms with E-state index in [1.54, 1.807) is 30.3 Å². The number of piperidine rings is 1. The molecule has 36 heavy (non-hydrogen) atoms. The highest BCUT2D eigenvalue weighted by molar-refractivity contribution is 7.92. The number of rotatable bonds is 7. The molecule has 0 saturated carbocycles. The van der Waals surface area contributed by atoms with E-state index in [0.29, 0.717) is 34.6 Å². The summed E-state index contributed by atoms with van der Waals surface area (Å²) in [6.45, 7) is 8.31. The molecule has 4 aromatic rings. The van der Waals surface area contributed by atoms with Gasteiger partial charge in [0.2, 0.25) is 5.88 Å². The average Bonchev–Trinajstić information content (AvgIpc) is 3.26. The van der Waals surface area contributed by atoms with E-state index in [9.17, 15) is 8.42 Å². The summed E-state index contributed by atoms with van der Waals surface area (Å²) >= 11 is 0. The monoisotopic (exact) mass is 508 g/mol. The molecule has 5 rings (SSSR count). The third-order valence-corrected chi connectivity index (χ3v) is 7.42. The fourth-order valence-corrected chi connectivity index (χ4v) is 5.16. The summed E-state index contributed by atoms with van der Waals surface area (Å²) in [6.07, 6.45) is 4.67. The van der Waals surface area contributed by atoms with Crippen LogP contribution in [0.2, 0.25) is 0 Å². The molecule has 1 fully saturated rings. The van der Waals surface area contributed by atoms with E-state index < -0.39 is 10.0 Å². The van der Waals surface area contributed by atoms with Crippen molar-refractivity contribution < 1.29 is 13.2 Å². The lowest BCUT2D eigenvalue weighted by Crippen LogP contribution is -2.41. The Hall–Kier alpha value is -3.64. The Morgan fingerprint density at radius 3 is 2.44 bits per heavy atom. The van der Waals surface area contributed by atoms with E-state index in [1.165, 1.54) is 12.4 Å². The van der Waals surface area contributed by atoms with Crippen LogP contribution in [-0.2, 0) is 10.0 Å². The minimum absolute atomic E-state index is 0.0669. The minimum Gasteiger partial charge on any atom is -0.474 e. The summed E-state index contributed by atoms with van der Waals surface area (Å²) in [5.74, 6) is 0.958. The van der Waals surface area contributed by atoms with E-state index in [2.05, 4.69) is 48.6 Å². The summed E-state index contributed by atoms with van der Waals surface area (Å²) in [6, 6.07) is 8.85. The maximum atomic E-state index is 12.5. The van der Waals surface area contributed by atoms with Crippen LogP contribution in [0.4, 0.5) is 5.69 Å². The van der Waals surface area contributed by atoms with Crippen LogP contribution in [0.1, 0.15) is 32.4 Å². The van der Waals surface area contributed by atoms with Gasteiger partial charge >= 0.3 is 0 Å². The number of hydrogen-bond acceptors (Lipinski definition) is 9. The molecule has 1 saturated heterocycles. The van der Waals surface area contributed by atoms with Gasteiger partial charge in [-0.05, 0) is 63.9 Å². The molecule has 0 radical (unpaired) electrons. The molecule has 0 atom stereocenters. The molecule has 1 aliphatic rings.